The molecule has 9 nitrogen and oxygen atoms in total. The van der Waals surface area contributed by atoms with Crippen LogP contribution in [0.15, 0.2) is 21.0 Å². The molecule has 1 aliphatic heterocycles. The van der Waals surface area contributed by atoms with Crippen molar-refractivity contribution in [3.05, 3.63) is 43.3 Å². The van der Waals surface area contributed by atoms with Gasteiger partial charge in [-0.25, -0.2) is 9.59 Å². The molecule has 0 radical (unpaired) electrons. The quantitative estimate of drug-likeness (QED) is 0.468. The van der Waals surface area contributed by atoms with Gasteiger partial charge in [-0.1, -0.05) is 4.68 Å². The number of aliphatic hydroxyl groups is 1. The van der Waals surface area contributed by atoms with Gasteiger partial charge in [0.05, 0.1) is 18.9 Å². The Balaban J connectivity index is 2.51. The van der Waals surface area contributed by atoms with E-state index in [-0.39, 0.29) is 11.3 Å². The summed E-state index contributed by atoms with van der Waals surface area (Å²) in [6.45, 7) is -0.219. The van der Waals surface area contributed by atoms with Gasteiger partial charge in [0.1, 0.15) is 6.23 Å². The Hall–Kier alpha value is -2.16. The Morgan fingerprint density at radius 1 is 1.58 bits per heavy atom. The van der Waals surface area contributed by atoms with Crippen LogP contribution < -0.4 is 11.2 Å². The Kier molecular flexibility index (Phi) is 3.65. The first-order chi connectivity index (χ1) is 9.08. The van der Waals surface area contributed by atoms with Gasteiger partial charge in [0.25, 0.3) is 0 Å². The van der Waals surface area contributed by atoms with E-state index in [4.69, 9.17) is 15.4 Å². The molecule has 0 spiro atoms. The van der Waals surface area contributed by atoms with E-state index in [2.05, 4.69) is 10.1 Å². The molecule has 2 heterocycles. The zero-order chi connectivity index (χ0) is 14.0. The molecule has 0 amide bonds. The SMILES string of the molecule is [N-]=[N+]=Nn1c(=O)c(F)cn([C@H]2CC[C@@H](CO)O2)c1=O. The molecule has 1 aromatic rings. The van der Waals surface area contributed by atoms with Gasteiger partial charge in [-0.05, 0) is 18.1 Å². The topological polar surface area (TPSA) is 122 Å². The summed E-state index contributed by atoms with van der Waals surface area (Å²) < 4.78 is 19.6. The molecular weight excluding hydrogens is 261 g/mol. The van der Waals surface area contributed by atoms with Crippen molar-refractivity contribution >= 4 is 0 Å². The van der Waals surface area contributed by atoms with Gasteiger partial charge in [-0.3, -0.25) is 4.57 Å². The van der Waals surface area contributed by atoms with E-state index in [0.29, 0.717) is 19.0 Å². The van der Waals surface area contributed by atoms with E-state index in [1.54, 1.807) is 0 Å². The Morgan fingerprint density at radius 2 is 2.32 bits per heavy atom. The summed E-state index contributed by atoms with van der Waals surface area (Å²) in [6.07, 6.45) is 0.327. The van der Waals surface area contributed by atoms with E-state index < -0.39 is 29.4 Å². The molecule has 102 valence electrons. The van der Waals surface area contributed by atoms with Gasteiger partial charge < -0.3 is 9.84 Å². The molecule has 2 atom stereocenters. The molecule has 1 fully saturated rings. The van der Waals surface area contributed by atoms with Crippen molar-refractivity contribution in [1.29, 1.82) is 0 Å². The maximum atomic E-state index is 13.4. The molecule has 0 aromatic carbocycles. The normalized spacial score (nSPS) is 22.2. The van der Waals surface area contributed by atoms with Crippen LogP contribution in [0.5, 0.6) is 0 Å². The first-order valence-corrected chi connectivity index (χ1v) is 5.44. The number of azide groups is 1. The van der Waals surface area contributed by atoms with Gasteiger partial charge in [0.2, 0.25) is 5.82 Å². The minimum atomic E-state index is -1.32. The van der Waals surface area contributed by atoms with E-state index >= 15 is 0 Å². The third kappa shape index (κ3) is 2.36. The van der Waals surface area contributed by atoms with Crippen LogP contribution in [0.4, 0.5) is 4.39 Å². The molecule has 2 rings (SSSR count). The Bertz CT molecular complexity index is 647. The summed E-state index contributed by atoms with van der Waals surface area (Å²) in [7, 11) is 0. The summed E-state index contributed by atoms with van der Waals surface area (Å²) in [5.41, 5.74) is 5.94. The molecule has 10 heteroatoms. The van der Waals surface area contributed by atoms with Crippen LogP contribution in [0.3, 0.4) is 0 Å². The molecule has 19 heavy (non-hydrogen) atoms. The highest BCUT2D eigenvalue weighted by atomic mass is 19.1. The molecule has 0 unspecified atom stereocenters. The van der Waals surface area contributed by atoms with E-state index in [1.165, 1.54) is 0 Å². The van der Waals surface area contributed by atoms with Crippen LogP contribution in [-0.4, -0.2) is 27.1 Å². The number of halogens is 1. The third-order valence-electron chi connectivity index (χ3n) is 2.78. The fourth-order valence-electron chi connectivity index (χ4n) is 1.88. The van der Waals surface area contributed by atoms with Crippen LogP contribution in [0, 0.1) is 5.82 Å². The van der Waals surface area contributed by atoms with Crippen molar-refractivity contribution in [1.82, 2.24) is 9.24 Å². The fourth-order valence-corrected chi connectivity index (χ4v) is 1.88. The number of aliphatic hydroxyl groups excluding tert-OH is 1. The minimum absolute atomic E-state index is 0.0883. The number of rotatable bonds is 3. The predicted molar refractivity (Wildman–Crippen MR) is 59.7 cm³/mol. The number of ether oxygens (including phenoxy) is 1. The molecule has 0 saturated carbocycles. The fraction of sp³-hybridized carbons (Fsp3) is 0.556. The van der Waals surface area contributed by atoms with Crippen molar-refractivity contribution in [2.24, 2.45) is 5.22 Å². The van der Waals surface area contributed by atoms with Gasteiger partial charge in [0, 0.05) is 0 Å². The number of aromatic nitrogens is 2. The highest BCUT2D eigenvalue weighted by Crippen LogP contribution is 2.26. The average molecular weight is 271 g/mol. The number of hydrogen-bond acceptors (Lipinski definition) is 5. The van der Waals surface area contributed by atoms with E-state index in [9.17, 15) is 14.0 Å². The maximum Gasteiger partial charge on any atom is 0.428 e. The first kappa shape index (κ1) is 13.3. The molecule has 1 aliphatic rings. The lowest BCUT2D eigenvalue weighted by Gasteiger charge is -2.13. The second kappa shape index (κ2) is 5.22. The zero-order valence-electron chi connectivity index (χ0n) is 9.64. The van der Waals surface area contributed by atoms with Gasteiger partial charge in [0.15, 0.2) is 0 Å². The van der Waals surface area contributed by atoms with Crippen LogP contribution in [0.25, 0.3) is 10.4 Å². The molecule has 1 saturated heterocycles. The minimum Gasteiger partial charge on any atom is -0.394 e. The summed E-state index contributed by atoms with van der Waals surface area (Å²) in [4.78, 5) is 25.5. The molecule has 1 N–H and O–H groups in total. The highest BCUT2D eigenvalue weighted by Gasteiger charge is 2.29. The monoisotopic (exact) mass is 271 g/mol. The van der Waals surface area contributed by atoms with Crippen molar-refractivity contribution in [2.75, 3.05) is 6.61 Å². The van der Waals surface area contributed by atoms with Crippen molar-refractivity contribution in [2.45, 2.75) is 25.2 Å². The van der Waals surface area contributed by atoms with Gasteiger partial charge in [-0.15, -0.1) is 5.53 Å². The predicted octanol–water partition coefficient (Wildman–Crippen LogP) is -0.108. The Labute approximate surface area is 105 Å². The lowest BCUT2D eigenvalue weighted by Crippen LogP contribution is -2.40. The van der Waals surface area contributed by atoms with Crippen molar-refractivity contribution in [3.8, 4) is 0 Å². The average Bonchev–Trinajstić information content (AvgIpc) is 2.87. The first-order valence-electron chi connectivity index (χ1n) is 5.44. The third-order valence-corrected chi connectivity index (χ3v) is 2.78. The van der Waals surface area contributed by atoms with Crippen LogP contribution in [0.1, 0.15) is 19.1 Å². The number of nitrogens with zero attached hydrogens (tertiary/aromatic N) is 5. The lowest BCUT2D eigenvalue weighted by molar-refractivity contribution is -0.0256. The standard InChI is InChI=1S/C9H10FN5O4/c10-6-3-14(7-2-1-5(4-16)19-7)9(18)15(8(6)17)13-12-11/h3,5,7,16H,1-2,4H2/t5-,7+/m0/s1. The number of hydrogen-bond donors (Lipinski definition) is 1. The molecular formula is C9H10FN5O4. The zero-order valence-corrected chi connectivity index (χ0v) is 9.64. The van der Waals surface area contributed by atoms with Gasteiger partial charge >= 0.3 is 11.2 Å². The second-order valence-electron chi connectivity index (χ2n) is 3.94. The largest absolute Gasteiger partial charge is 0.428 e. The van der Waals surface area contributed by atoms with E-state index in [1.807, 2.05) is 0 Å². The van der Waals surface area contributed by atoms with Crippen LogP contribution in [0.2, 0.25) is 0 Å². The summed E-state index contributed by atoms with van der Waals surface area (Å²) in [6, 6.07) is 0. The lowest BCUT2D eigenvalue weighted by atomic mass is 10.2. The summed E-state index contributed by atoms with van der Waals surface area (Å²) in [5.74, 6) is -1.23. The molecule has 0 aliphatic carbocycles. The second-order valence-corrected chi connectivity index (χ2v) is 3.94. The molecule has 0 bridgehead atoms. The summed E-state index contributed by atoms with van der Waals surface area (Å²) >= 11 is 0. The van der Waals surface area contributed by atoms with E-state index in [0.717, 1.165) is 4.57 Å². The summed E-state index contributed by atoms with van der Waals surface area (Å²) in [5, 5.41) is 11.8. The maximum absolute atomic E-state index is 13.4. The van der Waals surface area contributed by atoms with Gasteiger partial charge in [-0.2, -0.15) is 9.30 Å². The van der Waals surface area contributed by atoms with Crippen LogP contribution >= 0.6 is 0 Å². The van der Waals surface area contributed by atoms with Crippen molar-refractivity contribution in [3.63, 3.8) is 0 Å². The smallest absolute Gasteiger partial charge is 0.394 e. The van der Waals surface area contributed by atoms with Crippen LogP contribution in [-0.2, 0) is 4.74 Å². The van der Waals surface area contributed by atoms with Crippen molar-refractivity contribution < 1.29 is 14.2 Å². The Morgan fingerprint density at radius 3 is 2.89 bits per heavy atom. The molecule has 1 aromatic heterocycles. The highest BCUT2D eigenvalue weighted by molar-refractivity contribution is 4.92.